The van der Waals surface area contributed by atoms with E-state index in [0.717, 1.165) is 12.0 Å². The number of halogens is 2. The fraction of sp³-hybridized carbons (Fsp3) is 0.182. The Labute approximate surface area is 97.4 Å². The van der Waals surface area contributed by atoms with Gasteiger partial charge in [-0.05, 0) is 24.1 Å². The number of aryl methyl sites for hydroxylation is 1. The highest BCUT2D eigenvalue weighted by molar-refractivity contribution is 6.31. The minimum Gasteiger partial charge on any atom is -0.384 e. The van der Waals surface area contributed by atoms with Gasteiger partial charge in [0.1, 0.15) is 11.6 Å². The van der Waals surface area contributed by atoms with E-state index in [0.29, 0.717) is 16.9 Å². The lowest BCUT2D eigenvalue weighted by molar-refractivity contribution is 0.631. The number of nitrogens with one attached hydrogen (secondary N) is 1. The molecule has 3 N–H and O–H groups in total. The van der Waals surface area contributed by atoms with Crippen LogP contribution in [0.2, 0.25) is 5.02 Å². The number of anilines is 1. The van der Waals surface area contributed by atoms with Crippen LogP contribution in [-0.2, 0) is 6.42 Å². The van der Waals surface area contributed by atoms with Gasteiger partial charge in [-0.15, -0.1) is 0 Å². The van der Waals surface area contributed by atoms with Gasteiger partial charge in [0.25, 0.3) is 0 Å². The smallest absolute Gasteiger partial charge is 0.149 e. The van der Waals surface area contributed by atoms with Crippen LogP contribution >= 0.6 is 11.6 Å². The maximum Gasteiger partial charge on any atom is 0.149 e. The first-order valence-electron chi connectivity index (χ1n) is 4.90. The molecule has 0 aliphatic carbocycles. The van der Waals surface area contributed by atoms with E-state index >= 15 is 0 Å². The molecule has 0 atom stereocenters. The average Bonchev–Trinajstić information content (AvgIpc) is 2.68. The monoisotopic (exact) mass is 239 g/mol. The van der Waals surface area contributed by atoms with E-state index in [4.69, 9.17) is 17.3 Å². The van der Waals surface area contributed by atoms with E-state index in [1.165, 1.54) is 6.20 Å². The number of aromatic amines is 1. The molecule has 2 rings (SSSR count). The Bertz CT molecular complexity index is 522. The summed E-state index contributed by atoms with van der Waals surface area (Å²) < 4.78 is 13.8. The van der Waals surface area contributed by atoms with E-state index in [2.05, 4.69) is 10.2 Å². The zero-order chi connectivity index (χ0) is 11.7. The van der Waals surface area contributed by atoms with Crippen molar-refractivity contribution in [3.8, 4) is 11.1 Å². The van der Waals surface area contributed by atoms with E-state index in [1.807, 2.05) is 6.92 Å². The molecule has 3 nitrogen and oxygen atoms in total. The quantitative estimate of drug-likeness (QED) is 0.847. The molecule has 0 fully saturated rings. The highest BCUT2D eigenvalue weighted by Crippen LogP contribution is 2.31. The summed E-state index contributed by atoms with van der Waals surface area (Å²) in [5.41, 5.74) is 7.54. The number of hydrogen-bond acceptors (Lipinski definition) is 2. The van der Waals surface area contributed by atoms with E-state index in [-0.39, 0.29) is 5.02 Å². The van der Waals surface area contributed by atoms with Gasteiger partial charge in [-0.25, -0.2) is 4.39 Å². The summed E-state index contributed by atoms with van der Waals surface area (Å²) in [6, 6.07) is 3.36. The van der Waals surface area contributed by atoms with Gasteiger partial charge in [0.15, 0.2) is 0 Å². The van der Waals surface area contributed by atoms with Gasteiger partial charge in [-0.3, -0.25) is 5.10 Å². The summed E-state index contributed by atoms with van der Waals surface area (Å²) in [4.78, 5) is 0. The number of rotatable bonds is 2. The largest absolute Gasteiger partial charge is 0.384 e. The Morgan fingerprint density at radius 3 is 2.75 bits per heavy atom. The second-order valence-electron chi connectivity index (χ2n) is 3.49. The van der Waals surface area contributed by atoms with Crippen LogP contribution < -0.4 is 5.73 Å². The minimum absolute atomic E-state index is 0.106. The first kappa shape index (κ1) is 11.0. The summed E-state index contributed by atoms with van der Waals surface area (Å²) in [6.07, 6.45) is 2.27. The van der Waals surface area contributed by atoms with Crippen LogP contribution in [0, 0.1) is 5.82 Å². The molecule has 16 heavy (non-hydrogen) atoms. The minimum atomic E-state index is -0.466. The molecule has 0 saturated carbocycles. The molecule has 1 aromatic heterocycles. The predicted octanol–water partition coefficient (Wildman–Crippen LogP) is 3.01. The van der Waals surface area contributed by atoms with Gasteiger partial charge in [-0.2, -0.15) is 5.10 Å². The number of nitrogens with two attached hydrogens (primary N) is 1. The number of hydrogen-bond donors (Lipinski definition) is 2. The van der Waals surface area contributed by atoms with Crippen molar-refractivity contribution in [2.75, 3.05) is 5.73 Å². The molecule has 0 unspecified atom stereocenters. The average molecular weight is 240 g/mol. The highest BCUT2D eigenvalue weighted by atomic mass is 35.5. The third kappa shape index (κ3) is 1.76. The lowest BCUT2D eigenvalue weighted by Crippen LogP contribution is -1.93. The number of nitrogen functional groups attached to an aromatic ring is 1. The summed E-state index contributed by atoms with van der Waals surface area (Å²) in [5.74, 6) is -0.129. The van der Waals surface area contributed by atoms with Crippen molar-refractivity contribution < 1.29 is 4.39 Å². The molecule has 0 aliphatic heterocycles. The van der Waals surface area contributed by atoms with Crippen LogP contribution in [0.25, 0.3) is 11.1 Å². The summed E-state index contributed by atoms with van der Waals surface area (Å²) in [7, 11) is 0. The molecule has 0 aliphatic rings. The maximum atomic E-state index is 13.8. The van der Waals surface area contributed by atoms with E-state index in [9.17, 15) is 4.39 Å². The van der Waals surface area contributed by atoms with Crippen molar-refractivity contribution >= 4 is 17.4 Å². The summed E-state index contributed by atoms with van der Waals surface area (Å²) in [5, 5.41) is 6.44. The molecule has 2 aromatic rings. The Kier molecular flexibility index (Phi) is 2.83. The summed E-state index contributed by atoms with van der Waals surface area (Å²) >= 11 is 5.82. The normalized spacial score (nSPS) is 10.7. The van der Waals surface area contributed by atoms with Crippen molar-refractivity contribution in [3.05, 3.63) is 34.7 Å². The van der Waals surface area contributed by atoms with Crippen LogP contribution in [0.15, 0.2) is 18.3 Å². The Morgan fingerprint density at radius 1 is 1.44 bits per heavy atom. The third-order valence-corrected chi connectivity index (χ3v) is 2.73. The first-order chi connectivity index (χ1) is 7.63. The predicted molar refractivity (Wildman–Crippen MR) is 62.8 cm³/mol. The molecule has 0 saturated heterocycles. The van der Waals surface area contributed by atoms with Crippen molar-refractivity contribution in [2.24, 2.45) is 0 Å². The standard InChI is InChI=1S/C11H11ClFN3/c1-2-6-3-7(10(13)9(12)4-6)8-5-15-16-11(8)14/h3-5H,2H2,1H3,(H3,14,15,16). The number of nitrogens with zero attached hydrogens (tertiary/aromatic N) is 1. The zero-order valence-electron chi connectivity index (χ0n) is 8.72. The second-order valence-corrected chi connectivity index (χ2v) is 3.90. The lowest BCUT2D eigenvalue weighted by atomic mass is 10.0. The highest BCUT2D eigenvalue weighted by Gasteiger charge is 2.14. The lowest BCUT2D eigenvalue weighted by Gasteiger charge is -2.06. The number of benzene rings is 1. The van der Waals surface area contributed by atoms with E-state index in [1.54, 1.807) is 12.1 Å². The van der Waals surface area contributed by atoms with Crippen molar-refractivity contribution in [1.29, 1.82) is 0 Å². The van der Waals surface area contributed by atoms with Gasteiger partial charge >= 0.3 is 0 Å². The molecular formula is C11H11ClFN3. The van der Waals surface area contributed by atoms with Gasteiger partial charge in [0, 0.05) is 11.1 Å². The molecule has 0 radical (unpaired) electrons. The van der Waals surface area contributed by atoms with Crippen molar-refractivity contribution in [2.45, 2.75) is 13.3 Å². The SMILES string of the molecule is CCc1cc(Cl)c(F)c(-c2cn[nH]c2N)c1. The van der Waals surface area contributed by atoms with Crippen LogP contribution in [0.5, 0.6) is 0 Å². The molecule has 0 spiro atoms. The topological polar surface area (TPSA) is 54.7 Å². The summed E-state index contributed by atoms with van der Waals surface area (Å²) in [6.45, 7) is 1.98. The molecule has 1 heterocycles. The zero-order valence-corrected chi connectivity index (χ0v) is 9.48. The first-order valence-corrected chi connectivity index (χ1v) is 5.28. The van der Waals surface area contributed by atoms with Crippen molar-refractivity contribution in [3.63, 3.8) is 0 Å². The second kappa shape index (κ2) is 4.14. The van der Waals surface area contributed by atoms with Gasteiger partial charge in [0.2, 0.25) is 0 Å². The van der Waals surface area contributed by atoms with Gasteiger partial charge in [0.05, 0.1) is 11.2 Å². The van der Waals surface area contributed by atoms with Crippen molar-refractivity contribution in [1.82, 2.24) is 10.2 Å². The Balaban J connectivity index is 2.64. The molecular weight excluding hydrogens is 229 g/mol. The molecule has 1 aromatic carbocycles. The Morgan fingerprint density at radius 2 is 2.19 bits per heavy atom. The third-order valence-electron chi connectivity index (χ3n) is 2.46. The van der Waals surface area contributed by atoms with Gasteiger partial charge < -0.3 is 5.73 Å². The maximum absolute atomic E-state index is 13.8. The van der Waals surface area contributed by atoms with E-state index < -0.39 is 5.82 Å². The number of H-pyrrole nitrogens is 1. The van der Waals surface area contributed by atoms with Crippen LogP contribution in [0.1, 0.15) is 12.5 Å². The molecule has 5 heteroatoms. The van der Waals surface area contributed by atoms with Crippen LogP contribution in [0.4, 0.5) is 10.2 Å². The van der Waals surface area contributed by atoms with Gasteiger partial charge in [-0.1, -0.05) is 18.5 Å². The van der Waals surface area contributed by atoms with Crippen LogP contribution in [0.3, 0.4) is 0 Å². The molecule has 0 amide bonds. The van der Waals surface area contributed by atoms with Crippen LogP contribution in [-0.4, -0.2) is 10.2 Å². The molecule has 84 valence electrons. The number of aromatic nitrogens is 2. The molecule has 0 bridgehead atoms. The fourth-order valence-corrected chi connectivity index (χ4v) is 1.80. The Hall–Kier alpha value is -1.55. The fourth-order valence-electron chi connectivity index (χ4n) is 1.56.